The molecule has 4 rings (SSSR count). The van der Waals surface area contributed by atoms with Crippen LogP contribution in [0.3, 0.4) is 0 Å². The summed E-state index contributed by atoms with van der Waals surface area (Å²) in [5.41, 5.74) is -0.197. The zero-order valence-corrected chi connectivity index (χ0v) is 23.9. The molecule has 0 bridgehead atoms. The van der Waals surface area contributed by atoms with Gasteiger partial charge in [0, 0.05) is 5.69 Å². The zero-order chi connectivity index (χ0) is 34.1. The molecule has 46 heavy (non-hydrogen) atoms. The second-order valence-electron chi connectivity index (χ2n) is 10.9. The van der Waals surface area contributed by atoms with Gasteiger partial charge in [0.15, 0.2) is 12.6 Å². The smallest absolute Gasteiger partial charge is 0.462 e. The van der Waals surface area contributed by atoms with Gasteiger partial charge in [0.2, 0.25) is 6.29 Å². The molecule has 262 valence electrons. The quantitative estimate of drug-likeness (QED) is 0.120. The Bertz CT molecular complexity index is 1150. The molecule has 3 saturated heterocycles. The predicted octanol–water partition coefficient (Wildman–Crippen LogP) is -3.96. The van der Waals surface area contributed by atoms with E-state index in [9.17, 15) is 63.9 Å². The highest BCUT2D eigenvalue weighted by atomic mass is 19.4. The molecule has 3 aliphatic rings. The Morgan fingerprint density at radius 2 is 1.30 bits per heavy atom. The lowest BCUT2D eigenvalue weighted by molar-refractivity contribution is -0.357. The van der Waals surface area contributed by atoms with Crippen LogP contribution in [0.2, 0.25) is 0 Å². The first-order valence-electron chi connectivity index (χ1n) is 14.0. The Kier molecular flexibility index (Phi) is 11.8. The van der Waals surface area contributed by atoms with Gasteiger partial charge < -0.3 is 79.7 Å². The average Bonchev–Trinajstić information content (AvgIpc) is 3.01. The average molecular weight is 676 g/mol. The molecule has 1 aromatic carbocycles. The van der Waals surface area contributed by atoms with Crippen LogP contribution in [0.1, 0.15) is 6.92 Å². The molecule has 10 N–H and O–H groups in total. The molecule has 20 heteroatoms. The van der Waals surface area contributed by atoms with Gasteiger partial charge in [0.1, 0.15) is 72.9 Å². The van der Waals surface area contributed by atoms with Gasteiger partial charge in [-0.25, -0.2) is 0 Å². The van der Waals surface area contributed by atoms with E-state index in [2.05, 4.69) is 0 Å². The number of ether oxygens (including phenoxy) is 6. The number of rotatable bonds is 9. The lowest BCUT2D eigenvalue weighted by Crippen LogP contribution is -2.64. The summed E-state index contributed by atoms with van der Waals surface area (Å²) in [7, 11) is 0. The highest BCUT2D eigenvalue weighted by Gasteiger charge is 2.51. The summed E-state index contributed by atoms with van der Waals surface area (Å²) in [5.74, 6) is -2.20. The molecule has 3 heterocycles. The molecule has 0 radical (unpaired) electrons. The molecular weight excluding hydrogens is 639 g/mol. The Morgan fingerprint density at radius 3 is 1.89 bits per heavy atom. The van der Waals surface area contributed by atoms with Crippen LogP contribution in [0.4, 0.5) is 18.9 Å². The van der Waals surface area contributed by atoms with Gasteiger partial charge in [-0.05, 0) is 31.2 Å². The first-order chi connectivity index (χ1) is 21.5. The molecular formula is C26H36F3NO16. The van der Waals surface area contributed by atoms with Crippen molar-refractivity contribution in [3.05, 3.63) is 24.3 Å². The molecule has 0 unspecified atom stereocenters. The van der Waals surface area contributed by atoms with Crippen LogP contribution in [0, 0.1) is 0 Å². The number of hydrogen-bond donors (Lipinski definition) is 10. The first-order valence-corrected chi connectivity index (χ1v) is 14.0. The number of carbonyl (C=O) groups is 1. The van der Waals surface area contributed by atoms with E-state index in [0.29, 0.717) is 0 Å². The zero-order valence-electron chi connectivity index (χ0n) is 23.9. The Morgan fingerprint density at radius 1 is 0.761 bits per heavy atom. The van der Waals surface area contributed by atoms with Crippen molar-refractivity contribution in [2.24, 2.45) is 0 Å². The van der Waals surface area contributed by atoms with E-state index in [1.165, 1.54) is 19.1 Å². The number of carbonyl (C=O) groups excluding carboxylic acids is 1. The van der Waals surface area contributed by atoms with Crippen LogP contribution < -0.4 is 10.1 Å². The third-order valence-electron chi connectivity index (χ3n) is 7.63. The molecule has 0 aliphatic carbocycles. The minimum absolute atomic E-state index is 0.0155. The van der Waals surface area contributed by atoms with Crippen LogP contribution >= 0.6 is 0 Å². The summed E-state index contributed by atoms with van der Waals surface area (Å²) in [5, 5.41) is 93.8. The molecule has 1 aromatic rings. The second-order valence-corrected chi connectivity index (χ2v) is 10.9. The summed E-state index contributed by atoms with van der Waals surface area (Å²) < 4.78 is 70.2. The van der Waals surface area contributed by atoms with Gasteiger partial charge in [0.25, 0.3) is 0 Å². The van der Waals surface area contributed by atoms with Gasteiger partial charge >= 0.3 is 12.1 Å². The fourth-order valence-electron chi connectivity index (χ4n) is 4.96. The number of hydrogen-bond acceptors (Lipinski definition) is 16. The number of halogens is 3. The monoisotopic (exact) mass is 675 g/mol. The van der Waals surface area contributed by atoms with E-state index in [-0.39, 0.29) is 11.4 Å². The Hall–Kier alpha value is -2.28. The lowest BCUT2D eigenvalue weighted by Gasteiger charge is -2.46. The largest absolute Gasteiger partial charge is 0.471 e. The van der Waals surface area contributed by atoms with Gasteiger partial charge in [0.05, 0.1) is 19.3 Å². The van der Waals surface area contributed by atoms with Gasteiger partial charge in [-0.2, -0.15) is 13.2 Å². The maximum absolute atomic E-state index is 12.5. The summed E-state index contributed by atoms with van der Waals surface area (Å²) >= 11 is 0. The maximum Gasteiger partial charge on any atom is 0.471 e. The van der Waals surface area contributed by atoms with Gasteiger partial charge in [-0.3, -0.25) is 4.79 Å². The second kappa shape index (κ2) is 14.9. The molecule has 0 aromatic heterocycles. The van der Waals surface area contributed by atoms with E-state index in [0.717, 1.165) is 12.1 Å². The third-order valence-corrected chi connectivity index (χ3v) is 7.63. The van der Waals surface area contributed by atoms with Crippen LogP contribution in [-0.4, -0.2) is 163 Å². The number of nitrogens with one attached hydrogen (secondary N) is 1. The van der Waals surface area contributed by atoms with E-state index in [4.69, 9.17) is 28.4 Å². The van der Waals surface area contributed by atoms with Gasteiger partial charge in [-0.1, -0.05) is 0 Å². The van der Waals surface area contributed by atoms with Crippen molar-refractivity contribution in [2.45, 2.75) is 105 Å². The fraction of sp³-hybridized carbons (Fsp3) is 0.731. The summed E-state index contributed by atoms with van der Waals surface area (Å²) in [6.07, 6.45) is -29.5. The van der Waals surface area contributed by atoms with Crippen molar-refractivity contribution >= 4 is 11.6 Å². The van der Waals surface area contributed by atoms with Crippen LogP contribution in [0.25, 0.3) is 0 Å². The first kappa shape index (κ1) is 36.6. The normalized spacial score (nSPS) is 42.0. The van der Waals surface area contributed by atoms with E-state index in [1.54, 1.807) is 5.32 Å². The summed E-state index contributed by atoms with van der Waals surface area (Å²) in [6.45, 7) is 0.0310. The van der Waals surface area contributed by atoms with E-state index in [1.807, 2.05) is 0 Å². The van der Waals surface area contributed by atoms with Crippen molar-refractivity contribution in [3.63, 3.8) is 0 Å². The molecule has 3 aliphatic heterocycles. The molecule has 17 nitrogen and oxygen atoms in total. The van der Waals surface area contributed by atoms with Crippen molar-refractivity contribution < 1.29 is 92.3 Å². The molecule has 3 fully saturated rings. The standard InChI is InChI=1S/C26H36F3NO16/c1-8-21(17(36)20(39)23(42-8)43-10-4-2-9(3-5-10)30-25(40)26(27,28)29)46-24-19(38)16(35)14(33)12(45-24)7-41-22-18(37)15(34)13(32)11(6-31)44-22/h2-5,8,11-24,31-39H,6-7H2,1H3,(H,30,40)/t8-,11-,12+,13+,14-,15+,16+,17-,18+,19+,20-,21-,22+,23+,24+/m1/s1. The predicted molar refractivity (Wildman–Crippen MR) is 139 cm³/mol. The van der Waals surface area contributed by atoms with Crippen molar-refractivity contribution in [3.8, 4) is 5.75 Å². The van der Waals surface area contributed by atoms with Crippen molar-refractivity contribution in [1.29, 1.82) is 0 Å². The number of amides is 1. The topological polar surface area (TPSA) is 267 Å². The van der Waals surface area contributed by atoms with Crippen molar-refractivity contribution in [1.82, 2.24) is 0 Å². The summed E-state index contributed by atoms with van der Waals surface area (Å²) in [4.78, 5) is 11.1. The van der Waals surface area contributed by atoms with Crippen LogP contribution in [0.5, 0.6) is 5.75 Å². The number of aliphatic hydroxyl groups is 9. The highest BCUT2D eigenvalue weighted by Crippen LogP contribution is 2.31. The van der Waals surface area contributed by atoms with E-state index >= 15 is 0 Å². The van der Waals surface area contributed by atoms with Crippen molar-refractivity contribution in [2.75, 3.05) is 18.5 Å². The molecule has 0 saturated carbocycles. The number of anilines is 1. The fourth-order valence-corrected chi connectivity index (χ4v) is 4.96. The number of aliphatic hydroxyl groups excluding tert-OH is 9. The summed E-state index contributed by atoms with van der Waals surface area (Å²) in [6, 6.07) is 4.54. The van der Waals surface area contributed by atoms with Gasteiger partial charge in [-0.15, -0.1) is 0 Å². The SMILES string of the molecule is C[C@H]1O[C@@H](Oc2ccc(NC(=O)C(F)(F)F)cc2)[C@H](O)[C@@H](O)[C@@H]1O[C@@H]1O[C@@H](CO[C@H]2O[C@H](CO)[C@H](O)[C@H](O)[C@@H]2O)[C@@H](O)[C@H](O)[C@@H]1O. The minimum atomic E-state index is -5.10. The number of benzene rings is 1. The minimum Gasteiger partial charge on any atom is -0.462 e. The van der Waals surface area contributed by atoms with Crippen LogP contribution in [0.15, 0.2) is 24.3 Å². The van der Waals surface area contributed by atoms with E-state index < -0.39 is 117 Å². The number of alkyl halides is 3. The maximum atomic E-state index is 12.5. The molecule has 0 spiro atoms. The highest BCUT2D eigenvalue weighted by molar-refractivity contribution is 5.94. The Balaban J connectivity index is 1.35. The Labute approximate surface area is 258 Å². The lowest BCUT2D eigenvalue weighted by atomic mass is 9.97. The third kappa shape index (κ3) is 8.05. The molecule has 15 atom stereocenters. The molecule has 1 amide bonds. The van der Waals surface area contributed by atoms with Crippen LogP contribution in [-0.2, 0) is 28.5 Å².